The topological polar surface area (TPSA) is 262 Å². The fraction of sp³-hybridized carbons (Fsp3) is 0. The minimum Gasteiger partial charge on any atom is -1.00 e. The summed E-state index contributed by atoms with van der Waals surface area (Å²) in [5.41, 5.74) is -13.0. The largest absolute Gasteiger partial charge is 2.00 e. The van der Waals surface area contributed by atoms with Crippen LogP contribution in [0.15, 0.2) is 30.3 Å². The molecule has 19 nitrogen and oxygen atoms in total. The molecule has 0 atom stereocenters. The predicted molar refractivity (Wildman–Crippen MR) is 103 cm³/mol. The molecule has 0 unspecified atom stereocenters. The van der Waals surface area contributed by atoms with Gasteiger partial charge in [0.2, 0.25) is 0 Å². The van der Waals surface area contributed by atoms with Crippen molar-refractivity contribution in [1.29, 1.82) is 0 Å². The zero-order valence-corrected chi connectivity index (χ0v) is 16.5. The zero-order valence-electron chi connectivity index (χ0n) is 17.1. The monoisotopic (exact) mass is 465 g/mol. The van der Waals surface area contributed by atoms with Crippen molar-refractivity contribution in [2.75, 3.05) is 5.01 Å². The summed E-state index contributed by atoms with van der Waals surface area (Å²) in [4.78, 5) is 60.1. The Kier molecular flexibility index (Phi) is 7.54. The first-order valence-electron chi connectivity index (χ1n) is 7.37. The molecule has 0 radical (unpaired) electrons. The van der Waals surface area contributed by atoms with Gasteiger partial charge in [0, 0.05) is 0 Å². The Bertz CT molecular complexity index is 1130. The summed E-state index contributed by atoms with van der Waals surface area (Å²) in [6, 6.07) is 5.45. The Hall–Kier alpha value is -4.59. The summed E-state index contributed by atoms with van der Waals surface area (Å²) in [6.07, 6.45) is 0. The predicted octanol–water partition coefficient (Wildman–Crippen LogP) is 2.40. The number of nitro groups is 6. The van der Waals surface area contributed by atoms with E-state index in [4.69, 9.17) is 0 Å². The van der Waals surface area contributed by atoms with E-state index < -0.39 is 69.5 Å². The van der Waals surface area contributed by atoms with E-state index in [0.717, 1.165) is 24.3 Å². The average molecular weight is 466 g/mol. The van der Waals surface area contributed by atoms with Crippen molar-refractivity contribution in [3.8, 4) is 0 Å². The Morgan fingerprint density at radius 3 is 1.16 bits per heavy atom. The van der Waals surface area contributed by atoms with Crippen molar-refractivity contribution >= 4 is 62.9 Å². The minimum atomic E-state index is -2.17. The Morgan fingerprint density at radius 1 is 0.562 bits per heavy atom. The van der Waals surface area contributed by atoms with Crippen molar-refractivity contribution in [3.05, 3.63) is 91.0 Å². The zero-order chi connectivity index (χ0) is 23.6. The van der Waals surface area contributed by atoms with E-state index in [9.17, 15) is 60.7 Å². The normalized spacial score (nSPS) is 9.88. The maximum absolute atomic E-state index is 11.6. The molecule has 2 aromatic carbocycles. The molecule has 0 amide bonds. The Balaban J connectivity index is 0. The molecular formula is C12H7MgN7O12. The van der Waals surface area contributed by atoms with Gasteiger partial charge in [0.1, 0.15) is 5.69 Å². The van der Waals surface area contributed by atoms with Gasteiger partial charge in [-0.25, -0.2) is 10.1 Å². The molecular weight excluding hydrogens is 458 g/mol. The van der Waals surface area contributed by atoms with Crippen LogP contribution in [0.1, 0.15) is 2.85 Å². The summed E-state index contributed by atoms with van der Waals surface area (Å²) in [7, 11) is 0. The third-order valence-corrected chi connectivity index (χ3v) is 3.63. The van der Waals surface area contributed by atoms with Gasteiger partial charge in [0.15, 0.2) is 5.03 Å². The number of hydrogen-bond acceptors (Lipinski definition) is 12. The van der Waals surface area contributed by atoms with Crippen LogP contribution < -0.4 is 5.01 Å². The number of hydrogen-bond donors (Lipinski definition) is 0. The van der Waals surface area contributed by atoms with Crippen LogP contribution >= 0.6 is 0 Å². The minimum absolute atomic E-state index is 0. The summed E-state index contributed by atoms with van der Waals surface area (Å²) in [6.45, 7) is 0. The third-order valence-electron chi connectivity index (χ3n) is 3.63. The molecule has 2 aromatic rings. The molecule has 0 bridgehead atoms. The average Bonchev–Trinajstić information content (AvgIpc) is 2.66. The van der Waals surface area contributed by atoms with Gasteiger partial charge in [0.25, 0.3) is 5.69 Å². The van der Waals surface area contributed by atoms with Crippen LogP contribution in [0.2, 0.25) is 0 Å². The molecule has 0 N–H and O–H groups in total. The molecule has 2 rings (SSSR count). The summed E-state index contributed by atoms with van der Waals surface area (Å²) in [5.74, 6) is 0. The molecule has 0 fully saturated rings. The first-order chi connectivity index (χ1) is 14.4. The van der Waals surface area contributed by atoms with Crippen LogP contribution in [0.4, 0.5) is 39.8 Å². The Morgan fingerprint density at radius 2 is 0.875 bits per heavy atom. The van der Waals surface area contributed by atoms with Gasteiger partial charge in [-0.1, -0.05) is 18.2 Å². The van der Waals surface area contributed by atoms with Crippen molar-refractivity contribution in [2.45, 2.75) is 0 Å². The molecule has 0 aromatic heterocycles. The van der Waals surface area contributed by atoms with Crippen LogP contribution in [0, 0.1) is 60.7 Å². The third kappa shape index (κ3) is 4.29. The van der Waals surface area contributed by atoms with E-state index in [0.29, 0.717) is 0 Å². The van der Waals surface area contributed by atoms with Gasteiger partial charge >= 0.3 is 51.5 Å². The van der Waals surface area contributed by atoms with E-state index in [-0.39, 0.29) is 30.9 Å². The number of benzene rings is 2. The second kappa shape index (κ2) is 9.48. The van der Waals surface area contributed by atoms with Gasteiger partial charge in [-0.05, 0) is 17.1 Å². The second-order valence-corrected chi connectivity index (χ2v) is 5.26. The van der Waals surface area contributed by atoms with Crippen molar-refractivity contribution in [2.24, 2.45) is 0 Å². The molecule has 0 aliphatic rings. The second-order valence-electron chi connectivity index (χ2n) is 5.26. The molecule has 0 aliphatic heterocycles. The first kappa shape index (κ1) is 25.4. The molecule has 0 aliphatic carbocycles. The number of anilines is 2. The van der Waals surface area contributed by atoms with Gasteiger partial charge in [-0.15, -0.1) is 0 Å². The maximum Gasteiger partial charge on any atom is 2.00 e. The fourth-order valence-corrected chi connectivity index (χ4v) is 2.61. The molecule has 0 saturated heterocycles. The number of hydrazine groups is 1. The number of para-hydroxylation sites is 1. The smallest absolute Gasteiger partial charge is 1.00 e. The number of rotatable bonds is 8. The summed E-state index contributed by atoms with van der Waals surface area (Å²) >= 11 is 0. The quantitative estimate of drug-likeness (QED) is 0.308. The van der Waals surface area contributed by atoms with Crippen LogP contribution in [0.5, 0.6) is 0 Å². The Labute approximate surface area is 191 Å². The van der Waals surface area contributed by atoms with Crippen LogP contribution in [0.3, 0.4) is 0 Å². The van der Waals surface area contributed by atoms with Gasteiger partial charge in [-0.3, -0.25) is 50.6 Å². The van der Waals surface area contributed by atoms with Crippen molar-refractivity contribution in [3.63, 3.8) is 0 Å². The van der Waals surface area contributed by atoms with E-state index in [2.05, 4.69) is 0 Å². The van der Waals surface area contributed by atoms with Crippen molar-refractivity contribution in [1.82, 2.24) is 0 Å². The number of nitro benzene ring substituents is 5. The number of nitrogens with zero attached hydrogens (tertiary/aromatic N) is 7. The van der Waals surface area contributed by atoms with Gasteiger partial charge in [-0.2, -0.15) is 0 Å². The van der Waals surface area contributed by atoms with Gasteiger partial charge < -0.3 is 2.85 Å². The SMILES string of the molecule is O=[N+]([O-])c1c(N(c2ccccc2)[N+](=O)[O-])c([N+](=O)[O-])c([N+](=O)[O-])c([N+](=O)[O-])c1[N+](=O)[O-].[H-].[H-].[Mg+2]. The maximum atomic E-state index is 11.6. The van der Waals surface area contributed by atoms with E-state index in [1.807, 2.05) is 0 Å². The van der Waals surface area contributed by atoms with E-state index in [1.165, 1.54) is 6.07 Å². The summed E-state index contributed by atoms with van der Waals surface area (Å²) < 4.78 is 0. The molecule has 20 heteroatoms. The van der Waals surface area contributed by atoms with Crippen molar-refractivity contribution < 1.29 is 32.5 Å². The summed E-state index contributed by atoms with van der Waals surface area (Å²) in [5, 5.41) is 67.0. The van der Waals surface area contributed by atoms with Crippen LogP contribution in [-0.4, -0.2) is 52.7 Å². The molecule has 0 heterocycles. The molecule has 32 heavy (non-hydrogen) atoms. The van der Waals surface area contributed by atoms with Gasteiger partial charge in [0.05, 0.1) is 24.6 Å². The molecule has 164 valence electrons. The van der Waals surface area contributed by atoms with E-state index in [1.54, 1.807) is 0 Å². The fourth-order valence-electron chi connectivity index (χ4n) is 2.61. The molecule has 0 saturated carbocycles. The van der Waals surface area contributed by atoms with Crippen LogP contribution in [0.25, 0.3) is 0 Å². The molecule has 0 spiro atoms. The van der Waals surface area contributed by atoms with E-state index >= 15 is 0 Å². The standard InChI is InChI=1S/C12H5N7O12.Mg.2H/c20-14(21)8-7(13(19(30)31)6-4-2-1-3-5-6)9(15(22)23)11(17(26)27)12(18(28)29)10(8)16(24)25;;;/h1-5H;;;/q;+2;2*-1. The van der Waals surface area contributed by atoms with Crippen LogP contribution in [-0.2, 0) is 0 Å². The first-order valence-corrected chi connectivity index (χ1v) is 7.37.